The van der Waals surface area contributed by atoms with Crippen molar-refractivity contribution >= 4 is 10.0 Å². The van der Waals surface area contributed by atoms with Crippen molar-refractivity contribution in [2.24, 2.45) is 0 Å². The standard InChI is InChI=1S/C21H17FN4O4S/c22-19-10-18(3-2-16(19)12-24)30-14-21(27)5-7-26(8-6-21)31(28,29)20-4-1-15(11-23)9-17(20)13-25/h1-4,9-10,27H,5-8,14H2. The van der Waals surface area contributed by atoms with Gasteiger partial charge in [0, 0.05) is 19.2 Å². The summed E-state index contributed by atoms with van der Waals surface area (Å²) in [5.41, 5.74) is -1.38. The van der Waals surface area contributed by atoms with E-state index < -0.39 is 21.4 Å². The van der Waals surface area contributed by atoms with Crippen LogP contribution < -0.4 is 4.74 Å². The topological polar surface area (TPSA) is 138 Å². The van der Waals surface area contributed by atoms with Gasteiger partial charge in [-0.1, -0.05) is 0 Å². The predicted octanol–water partition coefficient (Wildman–Crippen LogP) is 2.04. The Morgan fingerprint density at radius 1 is 1.03 bits per heavy atom. The second kappa shape index (κ2) is 8.71. The van der Waals surface area contributed by atoms with Gasteiger partial charge in [0.15, 0.2) is 0 Å². The number of nitriles is 3. The SMILES string of the molecule is N#Cc1ccc(S(=O)(=O)N2CCC(O)(COc3ccc(C#N)c(F)c3)CC2)c(C#N)c1. The monoisotopic (exact) mass is 440 g/mol. The fourth-order valence-corrected chi connectivity index (χ4v) is 4.80. The lowest BCUT2D eigenvalue weighted by Crippen LogP contribution is -2.49. The van der Waals surface area contributed by atoms with Crippen LogP contribution in [-0.4, -0.2) is 43.1 Å². The van der Waals surface area contributed by atoms with Crippen LogP contribution in [0.5, 0.6) is 5.75 Å². The van der Waals surface area contributed by atoms with Crippen LogP contribution in [0.2, 0.25) is 0 Å². The van der Waals surface area contributed by atoms with Gasteiger partial charge in [0.2, 0.25) is 10.0 Å². The van der Waals surface area contributed by atoms with E-state index in [1.807, 2.05) is 6.07 Å². The first kappa shape index (κ1) is 22.2. The molecule has 8 nitrogen and oxygen atoms in total. The summed E-state index contributed by atoms with van der Waals surface area (Å²) in [5.74, 6) is -0.583. The summed E-state index contributed by atoms with van der Waals surface area (Å²) in [6, 6.07) is 12.9. The zero-order valence-corrected chi connectivity index (χ0v) is 17.1. The smallest absolute Gasteiger partial charge is 0.244 e. The normalized spacial score (nSPS) is 16.0. The van der Waals surface area contributed by atoms with E-state index in [9.17, 15) is 23.2 Å². The second-order valence-electron chi connectivity index (χ2n) is 7.11. The molecule has 158 valence electrons. The number of rotatable bonds is 5. The summed E-state index contributed by atoms with van der Waals surface area (Å²) in [5, 5.41) is 37.7. The maximum Gasteiger partial charge on any atom is 0.244 e. The molecule has 2 aromatic rings. The molecule has 0 unspecified atom stereocenters. The molecule has 1 heterocycles. The second-order valence-corrected chi connectivity index (χ2v) is 9.01. The van der Waals surface area contributed by atoms with Crippen molar-refractivity contribution < 1.29 is 22.7 Å². The molecule has 1 aliphatic rings. The van der Waals surface area contributed by atoms with Crippen LogP contribution in [0.15, 0.2) is 41.3 Å². The molecule has 0 amide bonds. The predicted molar refractivity (Wildman–Crippen MR) is 105 cm³/mol. The fraction of sp³-hybridized carbons (Fsp3) is 0.286. The summed E-state index contributed by atoms with van der Waals surface area (Å²) in [6.45, 7) is -0.184. The van der Waals surface area contributed by atoms with Crippen LogP contribution in [0.3, 0.4) is 0 Å². The highest BCUT2D eigenvalue weighted by Gasteiger charge is 2.38. The molecule has 1 saturated heterocycles. The molecule has 0 aromatic heterocycles. The summed E-state index contributed by atoms with van der Waals surface area (Å²) in [6.07, 6.45) is 0.145. The van der Waals surface area contributed by atoms with Crippen molar-refractivity contribution in [1.82, 2.24) is 4.31 Å². The number of hydrogen-bond donors (Lipinski definition) is 1. The summed E-state index contributed by atoms with van der Waals surface area (Å²) in [4.78, 5) is -0.191. The third kappa shape index (κ3) is 4.65. The Hall–Kier alpha value is -3.49. The van der Waals surface area contributed by atoms with Crippen molar-refractivity contribution in [3.8, 4) is 24.0 Å². The van der Waals surface area contributed by atoms with Gasteiger partial charge in [-0.25, -0.2) is 12.8 Å². The van der Waals surface area contributed by atoms with Crippen molar-refractivity contribution in [1.29, 1.82) is 15.8 Å². The van der Waals surface area contributed by atoms with E-state index in [2.05, 4.69) is 0 Å². The highest BCUT2D eigenvalue weighted by molar-refractivity contribution is 7.89. The van der Waals surface area contributed by atoms with Gasteiger partial charge >= 0.3 is 0 Å². The molecule has 0 bridgehead atoms. The average Bonchev–Trinajstić information content (AvgIpc) is 2.77. The molecule has 0 saturated carbocycles. The summed E-state index contributed by atoms with van der Waals surface area (Å²) in [7, 11) is -3.99. The minimum Gasteiger partial charge on any atom is -0.490 e. The third-order valence-electron chi connectivity index (χ3n) is 5.07. The molecule has 3 rings (SSSR count). The quantitative estimate of drug-likeness (QED) is 0.751. The number of piperidine rings is 1. The Kier molecular flexibility index (Phi) is 6.24. The van der Waals surface area contributed by atoms with Gasteiger partial charge in [-0.15, -0.1) is 0 Å². The number of benzene rings is 2. The van der Waals surface area contributed by atoms with Crippen LogP contribution in [0.4, 0.5) is 4.39 Å². The Morgan fingerprint density at radius 3 is 2.29 bits per heavy atom. The zero-order valence-electron chi connectivity index (χ0n) is 16.2. The van der Waals surface area contributed by atoms with Gasteiger partial charge in [0.25, 0.3) is 0 Å². The fourth-order valence-electron chi connectivity index (χ4n) is 3.23. The number of hydrogen-bond acceptors (Lipinski definition) is 7. The highest BCUT2D eigenvalue weighted by Crippen LogP contribution is 2.29. The molecule has 1 N–H and O–H groups in total. The maximum atomic E-state index is 13.7. The van der Waals surface area contributed by atoms with E-state index in [1.54, 1.807) is 12.1 Å². The van der Waals surface area contributed by atoms with Crippen LogP contribution >= 0.6 is 0 Å². The Balaban J connectivity index is 1.68. The van der Waals surface area contributed by atoms with Gasteiger partial charge < -0.3 is 9.84 Å². The first-order chi connectivity index (χ1) is 14.7. The molecule has 10 heteroatoms. The zero-order chi connectivity index (χ0) is 22.6. The van der Waals surface area contributed by atoms with Gasteiger partial charge in [0.1, 0.15) is 40.8 Å². The first-order valence-corrected chi connectivity index (χ1v) is 10.7. The first-order valence-electron chi connectivity index (χ1n) is 9.22. The molecule has 2 aromatic carbocycles. The summed E-state index contributed by atoms with van der Waals surface area (Å²) < 4.78 is 46.2. The molecule has 0 spiro atoms. The van der Waals surface area contributed by atoms with Crippen LogP contribution in [-0.2, 0) is 10.0 Å². The minimum atomic E-state index is -3.99. The van der Waals surface area contributed by atoms with Crippen molar-refractivity contribution in [2.45, 2.75) is 23.3 Å². The lowest BCUT2D eigenvalue weighted by atomic mass is 9.93. The largest absolute Gasteiger partial charge is 0.490 e. The van der Waals surface area contributed by atoms with E-state index in [4.69, 9.17) is 15.3 Å². The number of nitrogens with zero attached hydrogens (tertiary/aromatic N) is 4. The van der Waals surface area contributed by atoms with Gasteiger partial charge in [-0.05, 0) is 43.2 Å². The van der Waals surface area contributed by atoms with Crippen molar-refractivity contribution in [3.05, 3.63) is 58.9 Å². The van der Waals surface area contributed by atoms with E-state index in [0.717, 1.165) is 6.07 Å². The van der Waals surface area contributed by atoms with Gasteiger partial charge in [-0.2, -0.15) is 20.1 Å². The molecule has 0 aliphatic carbocycles. The number of ether oxygens (including phenoxy) is 1. The van der Waals surface area contributed by atoms with Crippen molar-refractivity contribution in [2.75, 3.05) is 19.7 Å². The summed E-state index contributed by atoms with van der Waals surface area (Å²) >= 11 is 0. The number of sulfonamides is 1. The molecule has 0 atom stereocenters. The molecular formula is C21H17FN4O4S. The average molecular weight is 440 g/mol. The van der Waals surface area contributed by atoms with E-state index >= 15 is 0 Å². The Labute approximate surface area is 179 Å². The molecule has 1 fully saturated rings. The van der Waals surface area contributed by atoms with E-state index in [-0.39, 0.29) is 59.9 Å². The third-order valence-corrected chi connectivity index (χ3v) is 7.03. The maximum absolute atomic E-state index is 13.7. The van der Waals surface area contributed by atoms with Crippen LogP contribution in [0.25, 0.3) is 0 Å². The van der Waals surface area contributed by atoms with E-state index in [1.165, 1.54) is 34.6 Å². The lowest BCUT2D eigenvalue weighted by Gasteiger charge is -2.37. The van der Waals surface area contributed by atoms with Gasteiger partial charge in [-0.3, -0.25) is 0 Å². The van der Waals surface area contributed by atoms with Crippen LogP contribution in [0, 0.1) is 39.8 Å². The molecular weight excluding hydrogens is 423 g/mol. The Bertz CT molecular complexity index is 1230. The number of aliphatic hydroxyl groups is 1. The number of halogens is 1. The lowest BCUT2D eigenvalue weighted by molar-refractivity contribution is -0.0403. The van der Waals surface area contributed by atoms with E-state index in [0.29, 0.717) is 0 Å². The molecule has 31 heavy (non-hydrogen) atoms. The Morgan fingerprint density at radius 2 is 1.71 bits per heavy atom. The van der Waals surface area contributed by atoms with Crippen molar-refractivity contribution in [3.63, 3.8) is 0 Å². The molecule has 1 aliphatic heterocycles. The van der Waals surface area contributed by atoms with Gasteiger partial charge in [0.05, 0.1) is 22.8 Å². The highest BCUT2D eigenvalue weighted by atomic mass is 32.2. The molecule has 0 radical (unpaired) electrons. The minimum absolute atomic E-state index is 0.00516. The van der Waals surface area contributed by atoms with Crippen LogP contribution in [0.1, 0.15) is 29.5 Å².